The quantitative estimate of drug-likeness (QED) is 0.830. The lowest BCUT2D eigenvalue weighted by Gasteiger charge is -2.31. The lowest BCUT2D eigenvalue weighted by molar-refractivity contribution is 0.00669. The molecule has 23 heavy (non-hydrogen) atoms. The van der Waals surface area contributed by atoms with Crippen molar-refractivity contribution in [1.82, 2.24) is 9.29 Å². The second-order valence-corrected chi connectivity index (χ2v) is 9.08. The van der Waals surface area contributed by atoms with Crippen molar-refractivity contribution in [2.45, 2.75) is 36.7 Å². The van der Waals surface area contributed by atoms with Crippen molar-refractivity contribution >= 4 is 21.4 Å². The van der Waals surface area contributed by atoms with Crippen LogP contribution in [-0.2, 0) is 21.4 Å². The number of hydrogen-bond donors (Lipinski definition) is 0. The Labute approximate surface area is 141 Å². The minimum absolute atomic E-state index is 0.0819. The van der Waals surface area contributed by atoms with Crippen LogP contribution >= 0.6 is 11.3 Å². The minimum atomic E-state index is -3.40. The Morgan fingerprint density at radius 3 is 2.91 bits per heavy atom. The smallest absolute Gasteiger partial charge is 0.252 e. The Morgan fingerprint density at radius 1 is 1.35 bits per heavy atom. The summed E-state index contributed by atoms with van der Waals surface area (Å²) in [5.41, 5.74) is 0.862. The van der Waals surface area contributed by atoms with Gasteiger partial charge in [-0.3, -0.25) is 4.98 Å². The van der Waals surface area contributed by atoms with Gasteiger partial charge in [0.25, 0.3) is 10.0 Å². The molecule has 0 aliphatic carbocycles. The van der Waals surface area contributed by atoms with Crippen molar-refractivity contribution in [2.24, 2.45) is 0 Å². The molecule has 1 saturated heterocycles. The molecule has 1 aliphatic heterocycles. The van der Waals surface area contributed by atoms with Gasteiger partial charge in [-0.2, -0.15) is 4.31 Å². The summed E-state index contributed by atoms with van der Waals surface area (Å²) in [6.07, 6.45) is 3.34. The highest BCUT2D eigenvalue weighted by molar-refractivity contribution is 7.91. The predicted molar refractivity (Wildman–Crippen MR) is 89.9 cm³/mol. The topological polar surface area (TPSA) is 59.5 Å². The average Bonchev–Trinajstić information content (AvgIpc) is 3.01. The van der Waals surface area contributed by atoms with Gasteiger partial charge in [0.2, 0.25) is 0 Å². The van der Waals surface area contributed by atoms with Gasteiger partial charge in [0.05, 0.1) is 18.4 Å². The molecule has 5 nitrogen and oxygen atoms in total. The summed E-state index contributed by atoms with van der Waals surface area (Å²) in [4.78, 5) is 5.23. The number of ether oxygens (including phenoxy) is 1. The SMILES string of the molecule is Cc1ccc(S(=O)(=O)N2CCCC(OCc3ccccn3)C2)s1. The zero-order valence-electron chi connectivity index (χ0n) is 13.0. The number of sulfonamides is 1. The van der Waals surface area contributed by atoms with Gasteiger partial charge in [0.15, 0.2) is 0 Å². The molecule has 2 aromatic heterocycles. The van der Waals surface area contributed by atoms with E-state index in [0.717, 1.165) is 23.4 Å². The minimum Gasteiger partial charge on any atom is -0.371 e. The van der Waals surface area contributed by atoms with Crippen LogP contribution in [0.1, 0.15) is 23.4 Å². The Morgan fingerprint density at radius 2 is 2.22 bits per heavy atom. The second kappa shape index (κ2) is 7.09. The molecule has 3 heterocycles. The van der Waals surface area contributed by atoms with Gasteiger partial charge in [-0.25, -0.2) is 8.42 Å². The summed E-state index contributed by atoms with van der Waals surface area (Å²) in [5, 5.41) is 0. The Hall–Kier alpha value is -1.28. The van der Waals surface area contributed by atoms with Crippen LogP contribution in [0.25, 0.3) is 0 Å². The van der Waals surface area contributed by atoms with Crippen LogP contribution in [0.5, 0.6) is 0 Å². The van der Waals surface area contributed by atoms with Crippen molar-refractivity contribution in [3.8, 4) is 0 Å². The van der Waals surface area contributed by atoms with E-state index in [1.165, 1.54) is 11.3 Å². The Balaban J connectivity index is 1.64. The number of hydrogen-bond acceptors (Lipinski definition) is 5. The van der Waals surface area contributed by atoms with E-state index in [1.807, 2.05) is 31.2 Å². The average molecular weight is 352 g/mol. The highest BCUT2D eigenvalue weighted by Gasteiger charge is 2.31. The molecule has 7 heteroatoms. The third kappa shape index (κ3) is 3.98. The highest BCUT2D eigenvalue weighted by atomic mass is 32.2. The summed E-state index contributed by atoms with van der Waals surface area (Å²) < 4.78 is 33.2. The standard InChI is InChI=1S/C16H20N2O3S2/c1-13-7-8-16(22-13)23(19,20)18-10-4-6-15(11-18)21-12-14-5-2-3-9-17-14/h2-3,5,7-9,15H,4,6,10-12H2,1H3. The van der Waals surface area contributed by atoms with E-state index in [9.17, 15) is 8.42 Å². The van der Waals surface area contributed by atoms with Crippen molar-refractivity contribution in [1.29, 1.82) is 0 Å². The first-order valence-corrected chi connectivity index (χ1v) is 9.89. The van der Waals surface area contributed by atoms with Crippen molar-refractivity contribution in [3.63, 3.8) is 0 Å². The molecule has 0 bridgehead atoms. The molecule has 0 saturated carbocycles. The molecule has 0 spiro atoms. The van der Waals surface area contributed by atoms with Gasteiger partial charge in [-0.15, -0.1) is 11.3 Å². The molecule has 2 aromatic rings. The van der Waals surface area contributed by atoms with Gasteiger partial charge in [0.1, 0.15) is 4.21 Å². The van der Waals surface area contributed by atoms with Gasteiger partial charge >= 0.3 is 0 Å². The summed E-state index contributed by atoms with van der Waals surface area (Å²) in [5.74, 6) is 0. The maximum absolute atomic E-state index is 12.7. The monoisotopic (exact) mass is 352 g/mol. The highest BCUT2D eigenvalue weighted by Crippen LogP contribution is 2.27. The van der Waals surface area contributed by atoms with E-state index >= 15 is 0 Å². The molecule has 1 unspecified atom stereocenters. The molecule has 3 rings (SSSR count). The second-order valence-electron chi connectivity index (χ2n) is 5.62. The van der Waals surface area contributed by atoms with Gasteiger partial charge in [-0.1, -0.05) is 6.07 Å². The van der Waals surface area contributed by atoms with Crippen LogP contribution in [0.15, 0.2) is 40.7 Å². The number of piperidine rings is 1. The number of nitrogens with zero attached hydrogens (tertiary/aromatic N) is 2. The molecule has 0 amide bonds. The van der Waals surface area contributed by atoms with Crippen molar-refractivity contribution in [3.05, 3.63) is 47.1 Å². The molecule has 1 atom stereocenters. The van der Waals surface area contributed by atoms with E-state index in [1.54, 1.807) is 16.6 Å². The summed E-state index contributed by atoms with van der Waals surface area (Å²) >= 11 is 1.32. The van der Waals surface area contributed by atoms with Crippen LogP contribution in [0, 0.1) is 6.92 Å². The fraction of sp³-hybridized carbons (Fsp3) is 0.438. The molecule has 1 aliphatic rings. The molecule has 0 aromatic carbocycles. The van der Waals surface area contributed by atoms with E-state index in [4.69, 9.17) is 4.74 Å². The predicted octanol–water partition coefficient (Wildman–Crippen LogP) is 2.82. The number of aryl methyl sites for hydroxylation is 1. The molecule has 0 N–H and O–H groups in total. The molecule has 124 valence electrons. The first kappa shape index (κ1) is 16.6. The molecular formula is C16H20N2O3S2. The van der Waals surface area contributed by atoms with Crippen LogP contribution in [0.4, 0.5) is 0 Å². The largest absolute Gasteiger partial charge is 0.371 e. The molecular weight excluding hydrogens is 332 g/mol. The number of pyridine rings is 1. The van der Waals surface area contributed by atoms with E-state index in [-0.39, 0.29) is 6.10 Å². The fourth-order valence-corrected chi connectivity index (χ4v) is 5.57. The maximum atomic E-state index is 12.7. The van der Waals surface area contributed by atoms with Crippen LogP contribution in [0.2, 0.25) is 0 Å². The zero-order chi connectivity index (χ0) is 16.3. The van der Waals surface area contributed by atoms with E-state index in [2.05, 4.69) is 4.98 Å². The lowest BCUT2D eigenvalue weighted by Crippen LogP contribution is -2.42. The number of rotatable bonds is 5. The normalized spacial score (nSPS) is 19.8. The summed E-state index contributed by atoms with van der Waals surface area (Å²) in [7, 11) is -3.40. The first-order valence-electron chi connectivity index (χ1n) is 7.64. The summed E-state index contributed by atoms with van der Waals surface area (Å²) in [6.45, 7) is 3.30. The third-order valence-corrected chi connectivity index (χ3v) is 7.18. The Bertz CT molecular complexity index is 744. The van der Waals surface area contributed by atoms with Crippen LogP contribution < -0.4 is 0 Å². The molecule has 0 radical (unpaired) electrons. The van der Waals surface area contributed by atoms with Crippen molar-refractivity contribution in [2.75, 3.05) is 13.1 Å². The van der Waals surface area contributed by atoms with Gasteiger partial charge in [-0.05, 0) is 44.0 Å². The maximum Gasteiger partial charge on any atom is 0.252 e. The van der Waals surface area contributed by atoms with Gasteiger partial charge < -0.3 is 4.74 Å². The number of thiophene rings is 1. The van der Waals surface area contributed by atoms with Crippen molar-refractivity contribution < 1.29 is 13.2 Å². The van der Waals surface area contributed by atoms with E-state index in [0.29, 0.717) is 23.9 Å². The fourth-order valence-electron chi connectivity index (χ4n) is 2.62. The zero-order valence-corrected chi connectivity index (χ0v) is 14.6. The first-order chi connectivity index (χ1) is 11.1. The molecule has 1 fully saturated rings. The summed E-state index contributed by atoms with van der Waals surface area (Å²) in [6, 6.07) is 9.22. The van der Waals surface area contributed by atoms with Crippen LogP contribution in [-0.4, -0.2) is 36.9 Å². The number of aromatic nitrogens is 1. The lowest BCUT2D eigenvalue weighted by atomic mass is 10.1. The van der Waals surface area contributed by atoms with Gasteiger partial charge in [0, 0.05) is 24.2 Å². The van der Waals surface area contributed by atoms with E-state index < -0.39 is 10.0 Å². The third-order valence-electron chi connectivity index (χ3n) is 3.84. The van der Waals surface area contributed by atoms with Crippen LogP contribution in [0.3, 0.4) is 0 Å². The Kier molecular flexibility index (Phi) is 5.11.